The van der Waals surface area contributed by atoms with Crippen molar-refractivity contribution < 1.29 is 14.3 Å². The standard InChI is InChI=1S/C22H21ClN4O3S2/c1-3-10-27-19(14-4-5-14)25-26-22(27)32-12-17(28)24-20-18(21(29)30-2)16(11-31-20)13-6-8-15(23)9-7-13/h3,6-9,11,14H,1,4-5,10,12H2,2H3,(H,24,28). The number of aromatic nitrogens is 3. The first-order valence-electron chi connectivity index (χ1n) is 9.94. The van der Waals surface area contributed by atoms with Crippen LogP contribution < -0.4 is 5.32 Å². The van der Waals surface area contributed by atoms with E-state index < -0.39 is 5.97 Å². The quantitative estimate of drug-likeness (QED) is 0.252. The van der Waals surface area contributed by atoms with Crippen molar-refractivity contribution >= 4 is 51.6 Å². The molecule has 0 bridgehead atoms. The number of amides is 1. The lowest BCUT2D eigenvalue weighted by atomic mass is 10.0. The van der Waals surface area contributed by atoms with E-state index in [9.17, 15) is 9.59 Å². The predicted octanol–water partition coefficient (Wildman–Crippen LogP) is 5.24. The van der Waals surface area contributed by atoms with Crippen LogP contribution in [0, 0.1) is 0 Å². The number of carbonyl (C=O) groups is 2. The highest BCUT2D eigenvalue weighted by Gasteiger charge is 2.30. The summed E-state index contributed by atoms with van der Waals surface area (Å²) in [6.07, 6.45) is 4.03. The third kappa shape index (κ3) is 4.90. The van der Waals surface area contributed by atoms with Gasteiger partial charge in [-0.2, -0.15) is 0 Å². The van der Waals surface area contributed by atoms with E-state index in [0.29, 0.717) is 38.8 Å². The van der Waals surface area contributed by atoms with E-state index in [0.717, 1.165) is 24.2 Å². The summed E-state index contributed by atoms with van der Waals surface area (Å²) in [5, 5.41) is 14.9. The summed E-state index contributed by atoms with van der Waals surface area (Å²) in [4.78, 5) is 25.2. The number of allylic oxidation sites excluding steroid dienone is 1. The lowest BCUT2D eigenvalue weighted by Crippen LogP contribution is -2.16. The molecule has 1 amide bonds. The SMILES string of the molecule is C=CCn1c(SCC(=O)Nc2scc(-c3ccc(Cl)cc3)c2C(=O)OC)nnc1C1CC1. The molecule has 1 saturated carbocycles. The molecule has 10 heteroatoms. The van der Waals surface area contributed by atoms with Crippen LogP contribution in [-0.4, -0.2) is 39.5 Å². The van der Waals surface area contributed by atoms with Gasteiger partial charge in [0, 0.05) is 28.4 Å². The van der Waals surface area contributed by atoms with Crippen molar-refractivity contribution in [1.82, 2.24) is 14.8 Å². The number of ether oxygens (including phenoxy) is 1. The topological polar surface area (TPSA) is 86.1 Å². The first-order valence-corrected chi connectivity index (χ1v) is 12.2. The number of thioether (sulfide) groups is 1. The second-order valence-corrected chi connectivity index (χ2v) is 9.46. The van der Waals surface area contributed by atoms with Crippen molar-refractivity contribution in [3.8, 4) is 11.1 Å². The van der Waals surface area contributed by atoms with Crippen LogP contribution in [0.4, 0.5) is 5.00 Å². The van der Waals surface area contributed by atoms with Crippen molar-refractivity contribution in [2.24, 2.45) is 0 Å². The van der Waals surface area contributed by atoms with Crippen molar-refractivity contribution in [2.45, 2.75) is 30.5 Å². The molecule has 0 atom stereocenters. The third-order valence-electron chi connectivity index (χ3n) is 4.92. The number of nitrogens with zero attached hydrogens (tertiary/aromatic N) is 3. The molecule has 1 N–H and O–H groups in total. The van der Waals surface area contributed by atoms with Crippen molar-refractivity contribution in [3.63, 3.8) is 0 Å². The molecule has 7 nitrogen and oxygen atoms in total. The fraction of sp³-hybridized carbons (Fsp3) is 0.273. The number of hydrogen-bond donors (Lipinski definition) is 1. The van der Waals surface area contributed by atoms with Gasteiger partial charge in [0.2, 0.25) is 5.91 Å². The van der Waals surface area contributed by atoms with E-state index in [4.69, 9.17) is 16.3 Å². The molecule has 0 unspecified atom stereocenters. The van der Waals surface area contributed by atoms with Crippen LogP contribution in [0.3, 0.4) is 0 Å². The number of halogens is 1. The van der Waals surface area contributed by atoms with Crippen molar-refractivity contribution in [1.29, 1.82) is 0 Å². The summed E-state index contributed by atoms with van der Waals surface area (Å²) in [7, 11) is 1.32. The zero-order chi connectivity index (χ0) is 22.7. The molecule has 32 heavy (non-hydrogen) atoms. The van der Waals surface area contributed by atoms with Gasteiger partial charge in [-0.05, 0) is 30.5 Å². The second-order valence-electron chi connectivity index (χ2n) is 7.20. The average molecular weight is 489 g/mol. The monoisotopic (exact) mass is 488 g/mol. The summed E-state index contributed by atoms with van der Waals surface area (Å²) in [5.74, 6) is 0.774. The van der Waals surface area contributed by atoms with Gasteiger partial charge in [-0.1, -0.05) is 41.6 Å². The molecule has 0 radical (unpaired) electrons. The fourth-order valence-corrected chi connectivity index (χ4v) is 5.09. The zero-order valence-corrected chi connectivity index (χ0v) is 19.7. The van der Waals surface area contributed by atoms with E-state index in [1.165, 1.54) is 30.2 Å². The van der Waals surface area contributed by atoms with Gasteiger partial charge in [-0.3, -0.25) is 4.79 Å². The van der Waals surface area contributed by atoms with Gasteiger partial charge in [0.1, 0.15) is 16.4 Å². The van der Waals surface area contributed by atoms with E-state index in [2.05, 4.69) is 22.1 Å². The van der Waals surface area contributed by atoms with Crippen LogP contribution in [0.2, 0.25) is 5.02 Å². The molecule has 0 saturated heterocycles. The largest absolute Gasteiger partial charge is 0.465 e. The number of carbonyl (C=O) groups excluding carboxylic acids is 2. The molecule has 1 fully saturated rings. The molecule has 0 aliphatic heterocycles. The van der Waals surface area contributed by atoms with Crippen LogP contribution in [0.1, 0.15) is 34.9 Å². The highest BCUT2D eigenvalue weighted by molar-refractivity contribution is 7.99. The molecule has 2 heterocycles. The van der Waals surface area contributed by atoms with Gasteiger partial charge in [0.05, 0.1) is 12.9 Å². The molecule has 2 aromatic heterocycles. The Labute approximate surface area is 198 Å². The minimum atomic E-state index is -0.515. The van der Waals surface area contributed by atoms with E-state index >= 15 is 0 Å². The predicted molar refractivity (Wildman–Crippen MR) is 128 cm³/mol. The van der Waals surface area contributed by atoms with Crippen LogP contribution >= 0.6 is 34.7 Å². The smallest absolute Gasteiger partial charge is 0.341 e. The van der Waals surface area contributed by atoms with Gasteiger partial charge in [-0.15, -0.1) is 28.1 Å². The number of nitrogens with one attached hydrogen (secondary N) is 1. The van der Waals surface area contributed by atoms with Crippen LogP contribution in [0.15, 0.2) is 47.5 Å². The number of anilines is 1. The molecule has 1 aromatic carbocycles. The zero-order valence-electron chi connectivity index (χ0n) is 17.3. The fourth-order valence-electron chi connectivity index (χ4n) is 3.24. The summed E-state index contributed by atoms with van der Waals surface area (Å²) >= 11 is 8.56. The maximum atomic E-state index is 12.7. The number of methoxy groups -OCH3 is 1. The molecule has 0 spiro atoms. The lowest BCUT2D eigenvalue weighted by molar-refractivity contribution is -0.113. The molecular weight excluding hydrogens is 468 g/mol. The van der Waals surface area contributed by atoms with Crippen molar-refractivity contribution in [2.75, 3.05) is 18.2 Å². The number of hydrogen-bond acceptors (Lipinski definition) is 7. The summed E-state index contributed by atoms with van der Waals surface area (Å²) < 4.78 is 6.97. The highest BCUT2D eigenvalue weighted by Crippen LogP contribution is 2.40. The van der Waals surface area contributed by atoms with Crippen molar-refractivity contribution in [3.05, 3.63) is 58.7 Å². The molecule has 3 aromatic rings. The minimum absolute atomic E-state index is 0.134. The normalized spacial score (nSPS) is 13.1. The Balaban J connectivity index is 1.49. The average Bonchev–Trinajstić information content (AvgIpc) is 3.43. The Morgan fingerprint density at radius 2 is 2.09 bits per heavy atom. The Hall–Kier alpha value is -2.62. The second kappa shape index (κ2) is 9.89. The van der Waals surface area contributed by atoms with Gasteiger partial charge in [0.15, 0.2) is 5.16 Å². The maximum absolute atomic E-state index is 12.7. The molecular formula is C22H21ClN4O3S2. The Bertz CT molecular complexity index is 1150. The Kier molecular flexibility index (Phi) is 6.98. The number of esters is 1. The van der Waals surface area contributed by atoms with E-state index in [-0.39, 0.29) is 11.7 Å². The maximum Gasteiger partial charge on any atom is 0.341 e. The molecule has 1 aliphatic rings. The molecule has 166 valence electrons. The number of thiophene rings is 1. The Morgan fingerprint density at radius 3 is 2.75 bits per heavy atom. The van der Waals surface area contributed by atoms with E-state index in [1.807, 2.05) is 22.1 Å². The Morgan fingerprint density at radius 1 is 1.34 bits per heavy atom. The van der Waals surface area contributed by atoms with Crippen LogP contribution in [-0.2, 0) is 16.1 Å². The van der Waals surface area contributed by atoms with Crippen LogP contribution in [0.25, 0.3) is 11.1 Å². The first kappa shape index (κ1) is 22.6. The van der Waals surface area contributed by atoms with Gasteiger partial charge < -0.3 is 14.6 Å². The van der Waals surface area contributed by atoms with E-state index in [1.54, 1.807) is 18.2 Å². The summed E-state index contributed by atoms with van der Waals surface area (Å²) in [6.45, 7) is 4.40. The van der Waals surface area contributed by atoms with Gasteiger partial charge >= 0.3 is 5.97 Å². The summed E-state index contributed by atoms with van der Waals surface area (Å²) in [6, 6.07) is 7.14. The highest BCUT2D eigenvalue weighted by atomic mass is 35.5. The van der Waals surface area contributed by atoms with Gasteiger partial charge in [0.25, 0.3) is 0 Å². The van der Waals surface area contributed by atoms with Crippen LogP contribution in [0.5, 0.6) is 0 Å². The first-order chi connectivity index (χ1) is 15.5. The lowest BCUT2D eigenvalue weighted by Gasteiger charge is -2.09. The number of rotatable bonds is 9. The molecule has 1 aliphatic carbocycles. The van der Waals surface area contributed by atoms with Gasteiger partial charge in [-0.25, -0.2) is 4.79 Å². The summed E-state index contributed by atoms with van der Waals surface area (Å²) in [5.41, 5.74) is 1.82. The molecule has 4 rings (SSSR count). The number of benzene rings is 1. The third-order valence-corrected chi connectivity index (χ3v) is 7.03. The minimum Gasteiger partial charge on any atom is -0.465 e.